The van der Waals surface area contributed by atoms with Gasteiger partial charge in [-0.25, -0.2) is 0 Å². The number of nitrogen functional groups attached to an aromatic ring is 1. The van der Waals surface area contributed by atoms with Gasteiger partial charge in [0, 0.05) is 23.5 Å². The fraction of sp³-hybridized carbons (Fsp3) is 0.333. The number of hydrogen-bond donors (Lipinski definition) is 1. The number of carbonyl (C=O) groups is 2. The Labute approximate surface area is 104 Å². The summed E-state index contributed by atoms with van der Waals surface area (Å²) in [5, 5.41) is -0.327. The Kier molecular flexibility index (Phi) is 3.38. The molecule has 0 aliphatic carbocycles. The van der Waals surface area contributed by atoms with E-state index < -0.39 is 0 Å². The molecule has 17 heavy (non-hydrogen) atoms. The van der Waals surface area contributed by atoms with E-state index in [1.54, 1.807) is 13.0 Å². The summed E-state index contributed by atoms with van der Waals surface area (Å²) in [6.45, 7) is 2.25. The van der Waals surface area contributed by atoms with Crippen LogP contribution in [0.2, 0.25) is 0 Å². The summed E-state index contributed by atoms with van der Waals surface area (Å²) in [7, 11) is 0. The Morgan fingerprint density at radius 2 is 2.12 bits per heavy atom. The SMILES string of the molecule is CCN1C(=O)C[C@H](Sc2ccccc2N)C1=O. The molecule has 4 nitrogen and oxygen atoms in total. The van der Waals surface area contributed by atoms with Gasteiger partial charge in [-0.2, -0.15) is 0 Å². The van der Waals surface area contributed by atoms with Crippen LogP contribution < -0.4 is 5.73 Å². The van der Waals surface area contributed by atoms with Crippen molar-refractivity contribution in [1.29, 1.82) is 0 Å². The van der Waals surface area contributed by atoms with E-state index in [9.17, 15) is 9.59 Å². The van der Waals surface area contributed by atoms with Gasteiger partial charge in [0.05, 0.1) is 5.25 Å². The second-order valence-corrected chi connectivity index (χ2v) is 5.07. The molecule has 0 aromatic heterocycles. The normalized spacial score (nSPS) is 20.1. The number of likely N-dealkylation sites (tertiary alicyclic amines) is 1. The first-order chi connectivity index (χ1) is 8.13. The van der Waals surface area contributed by atoms with Gasteiger partial charge in [0.15, 0.2) is 0 Å². The third-order valence-electron chi connectivity index (χ3n) is 2.71. The molecule has 2 rings (SSSR count). The molecule has 1 aromatic carbocycles. The van der Waals surface area contributed by atoms with Gasteiger partial charge in [0.25, 0.3) is 0 Å². The summed E-state index contributed by atoms with van der Waals surface area (Å²) in [4.78, 5) is 25.6. The zero-order valence-corrected chi connectivity index (χ0v) is 10.4. The monoisotopic (exact) mass is 250 g/mol. The number of rotatable bonds is 3. The first-order valence-corrected chi connectivity index (χ1v) is 6.36. The van der Waals surface area contributed by atoms with E-state index in [4.69, 9.17) is 5.73 Å². The highest BCUT2D eigenvalue weighted by atomic mass is 32.2. The Morgan fingerprint density at radius 3 is 2.71 bits per heavy atom. The average Bonchev–Trinajstić information content (AvgIpc) is 2.57. The van der Waals surface area contributed by atoms with E-state index in [1.807, 2.05) is 18.2 Å². The maximum atomic E-state index is 11.9. The van der Waals surface area contributed by atoms with Crippen LogP contribution in [0.15, 0.2) is 29.2 Å². The molecule has 0 saturated carbocycles. The standard InChI is InChI=1S/C12H14N2O2S/c1-2-14-11(15)7-10(12(14)16)17-9-6-4-3-5-8(9)13/h3-6,10H,2,7,13H2,1H3/t10-/m0/s1. The summed E-state index contributed by atoms with van der Waals surface area (Å²) in [5.74, 6) is -0.199. The van der Waals surface area contributed by atoms with Gasteiger partial charge < -0.3 is 5.73 Å². The second-order valence-electron chi connectivity index (χ2n) is 3.82. The summed E-state index contributed by atoms with van der Waals surface area (Å²) < 4.78 is 0. The number of para-hydroxylation sites is 1. The van der Waals surface area contributed by atoms with Gasteiger partial charge in [-0.1, -0.05) is 12.1 Å². The highest BCUT2D eigenvalue weighted by Gasteiger charge is 2.38. The molecule has 90 valence electrons. The summed E-state index contributed by atoms with van der Waals surface area (Å²) in [5.41, 5.74) is 6.46. The van der Waals surface area contributed by atoms with Crippen LogP contribution in [0.3, 0.4) is 0 Å². The predicted molar refractivity (Wildman–Crippen MR) is 67.5 cm³/mol. The minimum Gasteiger partial charge on any atom is -0.398 e. The molecule has 1 aliphatic rings. The minimum atomic E-state index is -0.327. The summed E-state index contributed by atoms with van der Waals surface area (Å²) in [6.07, 6.45) is 0.270. The summed E-state index contributed by atoms with van der Waals surface area (Å²) >= 11 is 1.37. The number of carbonyl (C=O) groups excluding carboxylic acids is 2. The van der Waals surface area contributed by atoms with Crippen LogP contribution in [0.25, 0.3) is 0 Å². The molecule has 0 radical (unpaired) electrons. The van der Waals surface area contributed by atoms with Crippen molar-refractivity contribution in [1.82, 2.24) is 4.90 Å². The highest BCUT2D eigenvalue weighted by Crippen LogP contribution is 2.34. The van der Waals surface area contributed by atoms with Crippen molar-refractivity contribution in [2.75, 3.05) is 12.3 Å². The fourth-order valence-electron chi connectivity index (χ4n) is 1.82. The number of thioether (sulfide) groups is 1. The number of benzene rings is 1. The van der Waals surface area contributed by atoms with Gasteiger partial charge in [-0.05, 0) is 19.1 Å². The van der Waals surface area contributed by atoms with Gasteiger partial charge in [0.1, 0.15) is 0 Å². The minimum absolute atomic E-state index is 0.0931. The number of nitrogens with zero attached hydrogens (tertiary/aromatic N) is 1. The largest absolute Gasteiger partial charge is 0.398 e. The van der Waals surface area contributed by atoms with Crippen molar-refractivity contribution < 1.29 is 9.59 Å². The van der Waals surface area contributed by atoms with E-state index in [1.165, 1.54) is 16.7 Å². The van der Waals surface area contributed by atoms with Crippen LogP contribution in [-0.4, -0.2) is 28.5 Å². The topological polar surface area (TPSA) is 63.4 Å². The van der Waals surface area contributed by atoms with Crippen molar-refractivity contribution in [2.45, 2.75) is 23.5 Å². The molecule has 1 heterocycles. The van der Waals surface area contributed by atoms with Crippen molar-refractivity contribution in [3.63, 3.8) is 0 Å². The number of imide groups is 1. The molecule has 1 aliphatic heterocycles. The van der Waals surface area contributed by atoms with Crippen molar-refractivity contribution in [3.8, 4) is 0 Å². The van der Waals surface area contributed by atoms with Gasteiger partial charge in [0.2, 0.25) is 11.8 Å². The van der Waals surface area contributed by atoms with Gasteiger partial charge >= 0.3 is 0 Å². The third-order valence-corrected chi connectivity index (χ3v) is 3.99. The van der Waals surface area contributed by atoms with Crippen LogP contribution in [0.1, 0.15) is 13.3 Å². The Hall–Kier alpha value is -1.49. The lowest BCUT2D eigenvalue weighted by Crippen LogP contribution is -2.30. The highest BCUT2D eigenvalue weighted by molar-refractivity contribution is 8.00. The van der Waals surface area contributed by atoms with Crippen molar-refractivity contribution in [3.05, 3.63) is 24.3 Å². The van der Waals surface area contributed by atoms with Crippen molar-refractivity contribution in [2.24, 2.45) is 0 Å². The fourth-order valence-corrected chi connectivity index (χ4v) is 2.94. The van der Waals surface area contributed by atoms with E-state index in [0.29, 0.717) is 12.2 Å². The molecule has 1 atom stereocenters. The van der Waals surface area contributed by atoms with E-state index in [-0.39, 0.29) is 23.5 Å². The van der Waals surface area contributed by atoms with E-state index in [0.717, 1.165) is 4.90 Å². The maximum Gasteiger partial charge on any atom is 0.243 e. The molecule has 2 amide bonds. The van der Waals surface area contributed by atoms with Crippen LogP contribution in [-0.2, 0) is 9.59 Å². The Balaban J connectivity index is 2.14. The number of hydrogen-bond acceptors (Lipinski definition) is 4. The molecular weight excluding hydrogens is 236 g/mol. The van der Waals surface area contributed by atoms with Crippen LogP contribution in [0, 0.1) is 0 Å². The number of amides is 2. The predicted octanol–water partition coefficient (Wildman–Crippen LogP) is 1.51. The first-order valence-electron chi connectivity index (χ1n) is 5.49. The van der Waals surface area contributed by atoms with Gasteiger partial charge in [-0.3, -0.25) is 14.5 Å². The molecule has 5 heteroatoms. The van der Waals surface area contributed by atoms with E-state index in [2.05, 4.69) is 0 Å². The molecule has 0 bridgehead atoms. The Bertz CT molecular complexity index is 462. The van der Waals surface area contributed by atoms with Crippen LogP contribution in [0.4, 0.5) is 5.69 Å². The zero-order valence-electron chi connectivity index (χ0n) is 9.55. The average molecular weight is 250 g/mol. The summed E-state index contributed by atoms with van der Waals surface area (Å²) in [6, 6.07) is 7.38. The molecule has 1 fully saturated rings. The maximum absolute atomic E-state index is 11.9. The Morgan fingerprint density at radius 1 is 1.41 bits per heavy atom. The molecule has 1 aromatic rings. The van der Waals surface area contributed by atoms with Crippen LogP contribution >= 0.6 is 11.8 Å². The third kappa shape index (κ3) is 2.29. The van der Waals surface area contributed by atoms with Crippen molar-refractivity contribution >= 4 is 29.3 Å². The van der Waals surface area contributed by atoms with Crippen LogP contribution in [0.5, 0.6) is 0 Å². The number of anilines is 1. The molecule has 1 saturated heterocycles. The first kappa shape index (κ1) is 12.0. The lowest BCUT2D eigenvalue weighted by Gasteiger charge is -2.12. The smallest absolute Gasteiger partial charge is 0.243 e. The molecular formula is C12H14N2O2S. The molecule has 0 unspecified atom stereocenters. The molecule has 2 N–H and O–H groups in total. The molecule has 0 spiro atoms. The quantitative estimate of drug-likeness (QED) is 0.652. The van der Waals surface area contributed by atoms with Gasteiger partial charge in [-0.15, -0.1) is 11.8 Å². The lowest BCUT2D eigenvalue weighted by atomic mass is 10.3. The lowest BCUT2D eigenvalue weighted by molar-refractivity contribution is -0.137. The number of nitrogens with two attached hydrogens (primary N) is 1. The zero-order chi connectivity index (χ0) is 12.4. The second kappa shape index (κ2) is 4.79. The van der Waals surface area contributed by atoms with E-state index >= 15 is 0 Å².